The van der Waals surface area contributed by atoms with Crippen LogP contribution in [0.3, 0.4) is 0 Å². The Morgan fingerprint density at radius 3 is 1.50 bits per heavy atom. The molecule has 1 aliphatic rings. The molecule has 2 heteroatoms. The number of aliphatic hydroxyl groups is 1. The molecule has 14 heavy (non-hydrogen) atoms. The molecule has 0 radical (unpaired) electrons. The van der Waals surface area contributed by atoms with E-state index in [0.717, 1.165) is 25.7 Å². The second kappa shape index (κ2) is 3.49. The highest BCUT2D eigenvalue weighted by Crippen LogP contribution is 2.31. The van der Waals surface area contributed by atoms with Gasteiger partial charge in [0.05, 0.1) is 5.60 Å². The van der Waals surface area contributed by atoms with E-state index in [-0.39, 0.29) is 11.1 Å². The zero-order valence-corrected chi connectivity index (χ0v) is 10.3. The summed E-state index contributed by atoms with van der Waals surface area (Å²) in [6.45, 7) is 10.8. The Kier molecular flexibility index (Phi) is 2.99. The summed E-state index contributed by atoms with van der Waals surface area (Å²) in [5.41, 5.74) is -0.210. The van der Waals surface area contributed by atoms with Crippen LogP contribution in [0, 0.1) is 0 Å². The lowest BCUT2D eigenvalue weighted by Crippen LogP contribution is -2.54. The van der Waals surface area contributed by atoms with Gasteiger partial charge in [-0.1, -0.05) is 0 Å². The molecule has 1 aliphatic heterocycles. The van der Waals surface area contributed by atoms with Crippen LogP contribution in [0.1, 0.15) is 60.3 Å². The predicted octanol–water partition coefficient (Wildman–Crippen LogP) is 2.46. The van der Waals surface area contributed by atoms with Gasteiger partial charge in [0.1, 0.15) is 0 Å². The van der Waals surface area contributed by atoms with Gasteiger partial charge in [-0.2, -0.15) is 0 Å². The van der Waals surface area contributed by atoms with Crippen LogP contribution in [0.5, 0.6) is 0 Å². The van der Waals surface area contributed by atoms with Crippen molar-refractivity contribution in [3.05, 3.63) is 0 Å². The van der Waals surface area contributed by atoms with E-state index in [1.807, 2.05) is 6.92 Å². The van der Waals surface area contributed by atoms with Crippen molar-refractivity contribution >= 4 is 0 Å². The Labute approximate surface area is 88.1 Å². The topological polar surface area (TPSA) is 32.3 Å². The number of hydrogen-bond acceptors (Lipinski definition) is 2. The van der Waals surface area contributed by atoms with Gasteiger partial charge < -0.3 is 10.4 Å². The Balaban J connectivity index is 2.75. The van der Waals surface area contributed by atoms with Gasteiger partial charge in [-0.05, 0) is 60.3 Å². The lowest BCUT2D eigenvalue weighted by Gasteiger charge is -2.43. The third kappa shape index (κ3) is 3.58. The smallest absolute Gasteiger partial charge is 0.0621 e. The predicted molar refractivity (Wildman–Crippen MR) is 60.4 cm³/mol. The lowest BCUT2D eigenvalue weighted by atomic mass is 9.79. The third-order valence-corrected chi connectivity index (χ3v) is 3.25. The van der Waals surface area contributed by atoms with Crippen molar-refractivity contribution in [2.45, 2.75) is 77.0 Å². The zero-order valence-electron chi connectivity index (χ0n) is 10.3. The SMILES string of the molecule is CC1(O)CCC(C)(C)NC(C)(C)CC1. The van der Waals surface area contributed by atoms with E-state index in [1.165, 1.54) is 0 Å². The van der Waals surface area contributed by atoms with E-state index in [9.17, 15) is 5.11 Å². The Hall–Kier alpha value is -0.0800. The van der Waals surface area contributed by atoms with Crippen molar-refractivity contribution in [2.24, 2.45) is 0 Å². The highest BCUT2D eigenvalue weighted by atomic mass is 16.3. The molecule has 2 nitrogen and oxygen atoms in total. The zero-order chi connectivity index (χ0) is 11.0. The maximum absolute atomic E-state index is 10.1. The van der Waals surface area contributed by atoms with Gasteiger partial charge >= 0.3 is 0 Å². The standard InChI is InChI=1S/C12H25NO/c1-10(2)6-8-12(5,14)9-7-11(3,4)13-10/h13-14H,6-9H2,1-5H3. The van der Waals surface area contributed by atoms with Gasteiger partial charge in [0, 0.05) is 11.1 Å². The fraction of sp³-hybridized carbons (Fsp3) is 1.00. The Morgan fingerprint density at radius 2 is 1.14 bits per heavy atom. The third-order valence-electron chi connectivity index (χ3n) is 3.25. The van der Waals surface area contributed by atoms with Crippen LogP contribution < -0.4 is 5.32 Å². The molecule has 1 heterocycles. The van der Waals surface area contributed by atoms with E-state index in [1.54, 1.807) is 0 Å². The molecule has 0 amide bonds. The van der Waals surface area contributed by atoms with Crippen molar-refractivity contribution in [3.63, 3.8) is 0 Å². The van der Waals surface area contributed by atoms with Gasteiger partial charge in [-0.25, -0.2) is 0 Å². The van der Waals surface area contributed by atoms with Gasteiger partial charge in [0.2, 0.25) is 0 Å². The average molecular weight is 199 g/mol. The molecule has 1 fully saturated rings. The van der Waals surface area contributed by atoms with Crippen molar-refractivity contribution in [2.75, 3.05) is 0 Å². The van der Waals surface area contributed by atoms with Crippen LogP contribution >= 0.6 is 0 Å². The number of hydrogen-bond donors (Lipinski definition) is 2. The van der Waals surface area contributed by atoms with Gasteiger partial charge in [0.25, 0.3) is 0 Å². The number of nitrogens with one attached hydrogen (secondary N) is 1. The molecule has 0 aromatic heterocycles. The van der Waals surface area contributed by atoms with Crippen molar-refractivity contribution < 1.29 is 5.11 Å². The molecule has 0 bridgehead atoms. The second-order valence-corrected chi connectivity index (χ2v) is 6.39. The Morgan fingerprint density at radius 1 is 0.786 bits per heavy atom. The minimum absolute atomic E-state index is 0.133. The molecule has 0 aromatic carbocycles. The minimum atomic E-state index is -0.476. The molecule has 0 spiro atoms. The summed E-state index contributed by atoms with van der Waals surface area (Å²) in [5, 5.41) is 13.8. The summed E-state index contributed by atoms with van der Waals surface area (Å²) in [6, 6.07) is 0. The first kappa shape index (κ1) is 12.0. The summed E-state index contributed by atoms with van der Waals surface area (Å²) in [5.74, 6) is 0. The summed E-state index contributed by atoms with van der Waals surface area (Å²) < 4.78 is 0. The highest BCUT2D eigenvalue weighted by Gasteiger charge is 2.34. The molecular formula is C12H25NO. The molecule has 1 rings (SSSR count). The molecule has 2 N–H and O–H groups in total. The van der Waals surface area contributed by atoms with Gasteiger partial charge in [0.15, 0.2) is 0 Å². The fourth-order valence-corrected chi connectivity index (χ4v) is 2.33. The molecule has 1 saturated heterocycles. The van der Waals surface area contributed by atoms with Crippen LogP contribution in [-0.2, 0) is 0 Å². The maximum Gasteiger partial charge on any atom is 0.0621 e. The van der Waals surface area contributed by atoms with E-state index in [0.29, 0.717) is 0 Å². The molecular weight excluding hydrogens is 174 g/mol. The Bertz CT molecular complexity index is 186. The van der Waals surface area contributed by atoms with E-state index < -0.39 is 5.60 Å². The van der Waals surface area contributed by atoms with Gasteiger partial charge in [-0.15, -0.1) is 0 Å². The second-order valence-electron chi connectivity index (χ2n) is 6.39. The molecule has 0 atom stereocenters. The van der Waals surface area contributed by atoms with Crippen LogP contribution in [0.15, 0.2) is 0 Å². The molecule has 0 aliphatic carbocycles. The van der Waals surface area contributed by atoms with Crippen LogP contribution in [0.2, 0.25) is 0 Å². The first-order valence-electron chi connectivity index (χ1n) is 5.64. The molecule has 0 saturated carbocycles. The molecule has 0 unspecified atom stereocenters. The summed E-state index contributed by atoms with van der Waals surface area (Å²) in [7, 11) is 0. The lowest BCUT2D eigenvalue weighted by molar-refractivity contribution is 0.00922. The average Bonchev–Trinajstić information content (AvgIpc) is 1.96. The van der Waals surface area contributed by atoms with E-state index in [2.05, 4.69) is 33.0 Å². The van der Waals surface area contributed by atoms with Crippen molar-refractivity contribution in [1.29, 1.82) is 0 Å². The first-order chi connectivity index (χ1) is 6.12. The van der Waals surface area contributed by atoms with Crippen LogP contribution in [-0.4, -0.2) is 21.8 Å². The van der Waals surface area contributed by atoms with E-state index in [4.69, 9.17) is 0 Å². The van der Waals surface area contributed by atoms with Crippen molar-refractivity contribution in [1.82, 2.24) is 5.32 Å². The van der Waals surface area contributed by atoms with Crippen LogP contribution in [0.4, 0.5) is 0 Å². The largest absolute Gasteiger partial charge is 0.390 e. The van der Waals surface area contributed by atoms with Crippen LogP contribution in [0.25, 0.3) is 0 Å². The molecule has 84 valence electrons. The normalized spacial score (nSPS) is 30.4. The minimum Gasteiger partial charge on any atom is -0.390 e. The summed E-state index contributed by atoms with van der Waals surface area (Å²) in [4.78, 5) is 0. The monoisotopic (exact) mass is 199 g/mol. The fourth-order valence-electron chi connectivity index (χ4n) is 2.33. The highest BCUT2D eigenvalue weighted by molar-refractivity contribution is 4.94. The summed E-state index contributed by atoms with van der Waals surface area (Å²) in [6.07, 6.45) is 3.85. The van der Waals surface area contributed by atoms with E-state index >= 15 is 0 Å². The molecule has 0 aromatic rings. The maximum atomic E-state index is 10.1. The summed E-state index contributed by atoms with van der Waals surface area (Å²) >= 11 is 0. The first-order valence-corrected chi connectivity index (χ1v) is 5.64. The van der Waals surface area contributed by atoms with Gasteiger partial charge in [-0.3, -0.25) is 0 Å². The van der Waals surface area contributed by atoms with Crippen molar-refractivity contribution in [3.8, 4) is 0 Å². The number of rotatable bonds is 0. The quantitative estimate of drug-likeness (QED) is 0.628.